The predicted molar refractivity (Wildman–Crippen MR) is 67.6 cm³/mol. The molecule has 0 aliphatic heterocycles. The van der Waals surface area contributed by atoms with E-state index < -0.39 is 0 Å². The Morgan fingerprint density at radius 3 is 2.47 bits per heavy atom. The van der Waals surface area contributed by atoms with E-state index in [1.54, 1.807) is 21.1 Å². The predicted octanol–water partition coefficient (Wildman–Crippen LogP) is 1.52. The molecule has 0 aliphatic carbocycles. The molecular weight excluding hydrogens is 218 g/mol. The Labute approximate surface area is 102 Å². The number of benzene rings is 1. The Morgan fingerprint density at radius 2 is 2.00 bits per heavy atom. The van der Waals surface area contributed by atoms with Crippen LogP contribution in [0.1, 0.15) is 24.8 Å². The molecule has 4 heteroatoms. The molecule has 1 rings (SSSR count). The lowest BCUT2D eigenvalue weighted by atomic mass is 9.92. The van der Waals surface area contributed by atoms with Gasteiger partial charge in [-0.3, -0.25) is 0 Å². The third-order valence-electron chi connectivity index (χ3n) is 2.79. The number of ether oxygens (including phenoxy) is 2. The molecule has 0 fully saturated rings. The summed E-state index contributed by atoms with van der Waals surface area (Å²) in [5, 5.41) is 9.48. The van der Waals surface area contributed by atoms with Crippen LogP contribution < -0.4 is 15.2 Å². The summed E-state index contributed by atoms with van der Waals surface area (Å²) in [5.41, 5.74) is 6.74. The zero-order valence-electron chi connectivity index (χ0n) is 10.6. The Balaban J connectivity index is 3.05. The van der Waals surface area contributed by atoms with Crippen LogP contribution in [0.3, 0.4) is 0 Å². The number of hydrogen-bond donors (Lipinski definition) is 2. The van der Waals surface area contributed by atoms with Gasteiger partial charge in [-0.2, -0.15) is 0 Å². The highest BCUT2D eigenvalue weighted by Crippen LogP contribution is 2.32. The average molecular weight is 239 g/mol. The van der Waals surface area contributed by atoms with Crippen LogP contribution in [-0.2, 0) is 0 Å². The minimum absolute atomic E-state index is 0.0695. The average Bonchev–Trinajstić information content (AvgIpc) is 2.34. The number of aliphatic hydroxyl groups is 1. The third kappa shape index (κ3) is 3.61. The maximum Gasteiger partial charge on any atom is 0.122 e. The fraction of sp³-hybridized carbons (Fsp3) is 0.538. The minimum atomic E-state index is -0.389. The van der Waals surface area contributed by atoms with E-state index in [9.17, 15) is 5.11 Å². The van der Waals surface area contributed by atoms with Crippen molar-refractivity contribution in [3.63, 3.8) is 0 Å². The zero-order chi connectivity index (χ0) is 12.8. The van der Waals surface area contributed by atoms with Crippen molar-refractivity contribution in [3.05, 3.63) is 23.8 Å². The molecular formula is C13H21NO3. The van der Waals surface area contributed by atoms with Gasteiger partial charge in [0.05, 0.1) is 20.3 Å². The number of nitrogens with two attached hydrogens (primary N) is 1. The molecule has 0 amide bonds. The Morgan fingerprint density at radius 1 is 1.29 bits per heavy atom. The molecule has 17 heavy (non-hydrogen) atoms. The normalized spacial score (nSPS) is 14.2. The fourth-order valence-corrected chi connectivity index (χ4v) is 1.92. The molecule has 96 valence electrons. The standard InChI is InChI=1S/C13H21NO3/c1-9(15)6-10(8-14)12-7-11(16-2)4-5-13(12)17-3/h4-5,7,9-10,15H,6,8,14H2,1-3H3. The van der Waals surface area contributed by atoms with E-state index in [2.05, 4.69) is 0 Å². The van der Waals surface area contributed by atoms with Gasteiger partial charge in [-0.1, -0.05) is 0 Å². The highest BCUT2D eigenvalue weighted by molar-refractivity contribution is 5.42. The highest BCUT2D eigenvalue weighted by Gasteiger charge is 2.17. The molecule has 1 aromatic carbocycles. The van der Waals surface area contributed by atoms with Crippen LogP contribution in [0, 0.1) is 0 Å². The second-order valence-electron chi connectivity index (χ2n) is 4.13. The molecule has 1 aromatic rings. The Kier molecular flexibility index (Phi) is 5.25. The summed E-state index contributed by atoms with van der Waals surface area (Å²) in [7, 11) is 3.25. The SMILES string of the molecule is COc1ccc(OC)c(C(CN)CC(C)O)c1. The molecule has 0 radical (unpaired) electrons. The first-order chi connectivity index (χ1) is 8.12. The summed E-state index contributed by atoms with van der Waals surface area (Å²) in [6.45, 7) is 2.23. The van der Waals surface area contributed by atoms with E-state index in [4.69, 9.17) is 15.2 Å². The first-order valence-electron chi connectivity index (χ1n) is 5.72. The highest BCUT2D eigenvalue weighted by atomic mass is 16.5. The first kappa shape index (κ1) is 13.8. The Hall–Kier alpha value is -1.26. The summed E-state index contributed by atoms with van der Waals surface area (Å²) < 4.78 is 10.5. The van der Waals surface area contributed by atoms with Crippen LogP contribution >= 0.6 is 0 Å². The Bertz CT molecular complexity index is 353. The van der Waals surface area contributed by atoms with Crippen LogP contribution in [0.4, 0.5) is 0 Å². The molecule has 0 saturated carbocycles. The van der Waals surface area contributed by atoms with E-state index in [0.29, 0.717) is 13.0 Å². The van der Waals surface area contributed by atoms with Gasteiger partial charge in [0.1, 0.15) is 11.5 Å². The number of aliphatic hydroxyl groups excluding tert-OH is 1. The maximum absolute atomic E-state index is 9.48. The molecule has 3 N–H and O–H groups in total. The van der Waals surface area contributed by atoms with Gasteiger partial charge in [0, 0.05) is 11.5 Å². The van der Waals surface area contributed by atoms with Crippen LogP contribution in [0.5, 0.6) is 11.5 Å². The van der Waals surface area contributed by atoms with E-state index in [-0.39, 0.29) is 12.0 Å². The summed E-state index contributed by atoms with van der Waals surface area (Å²) in [5.74, 6) is 1.62. The number of methoxy groups -OCH3 is 2. The minimum Gasteiger partial charge on any atom is -0.497 e. The van der Waals surface area contributed by atoms with E-state index in [0.717, 1.165) is 17.1 Å². The second-order valence-corrected chi connectivity index (χ2v) is 4.13. The van der Waals surface area contributed by atoms with Gasteiger partial charge < -0.3 is 20.3 Å². The number of hydrogen-bond acceptors (Lipinski definition) is 4. The first-order valence-corrected chi connectivity index (χ1v) is 5.72. The van der Waals surface area contributed by atoms with Crippen LogP contribution in [0.2, 0.25) is 0 Å². The number of rotatable bonds is 6. The molecule has 0 aromatic heterocycles. The molecule has 0 saturated heterocycles. The summed E-state index contributed by atoms with van der Waals surface area (Å²) in [4.78, 5) is 0. The smallest absolute Gasteiger partial charge is 0.122 e. The van der Waals surface area contributed by atoms with Gasteiger partial charge in [-0.15, -0.1) is 0 Å². The fourth-order valence-electron chi connectivity index (χ4n) is 1.92. The van der Waals surface area contributed by atoms with E-state index in [1.807, 2.05) is 18.2 Å². The van der Waals surface area contributed by atoms with Crippen molar-refractivity contribution in [2.75, 3.05) is 20.8 Å². The molecule has 4 nitrogen and oxygen atoms in total. The summed E-state index contributed by atoms with van der Waals surface area (Å²) in [6, 6.07) is 5.62. The van der Waals surface area contributed by atoms with Gasteiger partial charge in [-0.25, -0.2) is 0 Å². The lowest BCUT2D eigenvalue weighted by Crippen LogP contribution is -2.18. The van der Waals surface area contributed by atoms with Crippen LogP contribution in [0.25, 0.3) is 0 Å². The van der Waals surface area contributed by atoms with Crippen molar-refractivity contribution in [2.24, 2.45) is 5.73 Å². The molecule has 0 bridgehead atoms. The summed E-state index contributed by atoms with van der Waals surface area (Å²) in [6.07, 6.45) is 0.222. The van der Waals surface area contributed by atoms with E-state index >= 15 is 0 Å². The van der Waals surface area contributed by atoms with Gasteiger partial charge in [-0.05, 0) is 38.1 Å². The van der Waals surface area contributed by atoms with Crippen molar-refractivity contribution in [2.45, 2.75) is 25.4 Å². The van der Waals surface area contributed by atoms with Gasteiger partial charge in [0.2, 0.25) is 0 Å². The lowest BCUT2D eigenvalue weighted by molar-refractivity contribution is 0.174. The molecule has 0 aliphatic rings. The lowest BCUT2D eigenvalue weighted by Gasteiger charge is -2.20. The molecule has 0 heterocycles. The zero-order valence-corrected chi connectivity index (χ0v) is 10.6. The largest absolute Gasteiger partial charge is 0.497 e. The van der Waals surface area contributed by atoms with Crippen molar-refractivity contribution in [1.82, 2.24) is 0 Å². The topological polar surface area (TPSA) is 64.7 Å². The summed E-state index contributed by atoms with van der Waals surface area (Å²) >= 11 is 0. The van der Waals surface area contributed by atoms with E-state index in [1.165, 1.54) is 0 Å². The maximum atomic E-state index is 9.48. The van der Waals surface area contributed by atoms with Crippen molar-refractivity contribution in [1.29, 1.82) is 0 Å². The van der Waals surface area contributed by atoms with Gasteiger partial charge in [0.15, 0.2) is 0 Å². The molecule has 2 atom stereocenters. The van der Waals surface area contributed by atoms with Crippen molar-refractivity contribution in [3.8, 4) is 11.5 Å². The van der Waals surface area contributed by atoms with Crippen molar-refractivity contribution < 1.29 is 14.6 Å². The second kappa shape index (κ2) is 6.47. The quantitative estimate of drug-likeness (QED) is 0.790. The van der Waals surface area contributed by atoms with Crippen LogP contribution in [-0.4, -0.2) is 32.0 Å². The van der Waals surface area contributed by atoms with Gasteiger partial charge >= 0.3 is 0 Å². The van der Waals surface area contributed by atoms with Crippen LogP contribution in [0.15, 0.2) is 18.2 Å². The van der Waals surface area contributed by atoms with Crippen molar-refractivity contribution >= 4 is 0 Å². The molecule has 2 unspecified atom stereocenters. The third-order valence-corrected chi connectivity index (χ3v) is 2.79. The molecule has 0 spiro atoms. The monoisotopic (exact) mass is 239 g/mol. The van der Waals surface area contributed by atoms with Gasteiger partial charge in [0.25, 0.3) is 0 Å².